The first-order valence-corrected chi connectivity index (χ1v) is 7.71. The number of methoxy groups -OCH3 is 2. The molecule has 0 bridgehead atoms. The molecule has 118 valence electrons. The van der Waals surface area contributed by atoms with Crippen LogP contribution in [0.5, 0.6) is 11.5 Å². The molecular weight excluding hydrogens is 362 g/mol. The lowest BCUT2D eigenvalue weighted by Crippen LogP contribution is -2.29. The monoisotopic (exact) mass is 375 g/mol. The van der Waals surface area contributed by atoms with Gasteiger partial charge in [0.1, 0.15) is 0 Å². The Morgan fingerprint density at radius 2 is 1.83 bits per heavy atom. The molecule has 0 unspecified atom stereocenters. The van der Waals surface area contributed by atoms with Crippen LogP contribution in [0.3, 0.4) is 0 Å². The number of benzene rings is 2. The van der Waals surface area contributed by atoms with E-state index in [2.05, 4.69) is 15.9 Å². The quantitative estimate of drug-likeness (QED) is 0.769. The van der Waals surface area contributed by atoms with Gasteiger partial charge in [0, 0.05) is 4.47 Å². The number of ether oxygens (including phenoxy) is 2. The fourth-order valence-electron chi connectivity index (χ4n) is 2.65. The SMILES string of the molecule is COc1ccc2c(c1OC)C(=O)N(Cc1cccc(Br)c1)C2=O. The van der Waals surface area contributed by atoms with E-state index < -0.39 is 0 Å². The molecule has 1 aliphatic rings. The highest BCUT2D eigenvalue weighted by Gasteiger charge is 2.39. The second kappa shape index (κ2) is 6.04. The standard InChI is InChI=1S/C17H14BrNO4/c1-22-13-7-6-12-14(15(13)23-2)17(21)19(16(12)20)9-10-4-3-5-11(18)8-10/h3-8H,9H2,1-2H3. The highest BCUT2D eigenvalue weighted by molar-refractivity contribution is 9.10. The van der Waals surface area contributed by atoms with Crippen LogP contribution in [-0.4, -0.2) is 30.9 Å². The van der Waals surface area contributed by atoms with Crippen molar-refractivity contribution in [2.24, 2.45) is 0 Å². The van der Waals surface area contributed by atoms with Gasteiger partial charge in [-0.25, -0.2) is 0 Å². The molecule has 6 heteroatoms. The molecule has 0 radical (unpaired) electrons. The normalized spacial score (nSPS) is 13.3. The minimum atomic E-state index is -0.374. The average molecular weight is 376 g/mol. The summed E-state index contributed by atoms with van der Waals surface area (Å²) in [5.74, 6) is 0.0171. The van der Waals surface area contributed by atoms with Crippen LogP contribution in [0.1, 0.15) is 26.3 Å². The number of fused-ring (bicyclic) bond motifs is 1. The summed E-state index contributed by atoms with van der Waals surface area (Å²) in [6, 6.07) is 10.7. The summed E-state index contributed by atoms with van der Waals surface area (Å²) in [4.78, 5) is 26.5. The van der Waals surface area contributed by atoms with Crippen molar-refractivity contribution >= 4 is 27.7 Å². The van der Waals surface area contributed by atoms with Gasteiger partial charge in [-0.3, -0.25) is 14.5 Å². The molecule has 0 atom stereocenters. The molecule has 23 heavy (non-hydrogen) atoms. The van der Waals surface area contributed by atoms with Gasteiger partial charge in [-0.2, -0.15) is 0 Å². The number of hydrogen-bond donors (Lipinski definition) is 0. The first-order chi connectivity index (χ1) is 11.1. The molecule has 0 fully saturated rings. The number of carbonyl (C=O) groups is 2. The second-order valence-electron chi connectivity index (χ2n) is 5.05. The number of nitrogens with zero attached hydrogens (tertiary/aromatic N) is 1. The smallest absolute Gasteiger partial charge is 0.265 e. The van der Waals surface area contributed by atoms with Gasteiger partial charge in [0.2, 0.25) is 0 Å². The minimum Gasteiger partial charge on any atom is -0.493 e. The molecule has 0 aromatic heterocycles. The highest BCUT2D eigenvalue weighted by Crippen LogP contribution is 2.38. The summed E-state index contributed by atoms with van der Waals surface area (Å²) in [6.07, 6.45) is 0. The summed E-state index contributed by atoms with van der Waals surface area (Å²) in [5, 5.41) is 0. The summed E-state index contributed by atoms with van der Waals surface area (Å²) < 4.78 is 11.4. The van der Waals surface area contributed by atoms with Gasteiger partial charge in [-0.15, -0.1) is 0 Å². The second-order valence-corrected chi connectivity index (χ2v) is 5.97. The van der Waals surface area contributed by atoms with Crippen molar-refractivity contribution in [2.45, 2.75) is 6.54 Å². The molecule has 2 aromatic rings. The van der Waals surface area contributed by atoms with Crippen molar-refractivity contribution in [3.8, 4) is 11.5 Å². The van der Waals surface area contributed by atoms with Crippen LogP contribution < -0.4 is 9.47 Å². The van der Waals surface area contributed by atoms with Crippen molar-refractivity contribution in [2.75, 3.05) is 14.2 Å². The topological polar surface area (TPSA) is 55.8 Å². The van der Waals surface area contributed by atoms with Crippen LogP contribution >= 0.6 is 15.9 Å². The average Bonchev–Trinajstić information content (AvgIpc) is 2.79. The van der Waals surface area contributed by atoms with Crippen LogP contribution in [0.15, 0.2) is 40.9 Å². The number of hydrogen-bond acceptors (Lipinski definition) is 4. The van der Waals surface area contributed by atoms with Gasteiger partial charge in [0.25, 0.3) is 11.8 Å². The van der Waals surface area contributed by atoms with Gasteiger partial charge in [0.15, 0.2) is 11.5 Å². The van der Waals surface area contributed by atoms with E-state index in [1.807, 2.05) is 24.3 Å². The maximum atomic E-state index is 12.7. The number of imide groups is 1. The van der Waals surface area contributed by atoms with Crippen molar-refractivity contribution in [1.82, 2.24) is 4.90 Å². The number of halogens is 1. The van der Waals surface area contributed by atoms with E-state index in [4.69, 9.17) is 9.47 Å². The van der Waals surface area contributed by atoms with Crippen molar-refractivity contribution in [3.05, 3.63) is 57.6 Å². The summed E-state index contributed by atoms with van der Waals surface area (Å²) in [5.41, 5.74) is 1.45. The Balaban J connectivity index is 2.00. The third kappa shape index (κ3) is 2.59. The molecule has 0 saturated carbocycles. The molecule has 0 N–H and O–H groups in total. The predicted molar refractivity (Wildman–Crippen MR) is 87.9 cm³/mol. The Hall–Kier alpha value is -2.34. The Morgan fingerprint density at radius 1 is 1.04 bits per heavy atom. The number of rotatable bonds is 4. The van der Waals surface area contributed by atoms with Crippen molar-refractivity contribution < 1.29 is 19.1 Å². The van der Waals surface area contributed by atoms with Gasteiger partial charge < -0.3 is 9.47 Å². The highest BCUT2D eigenvalue weighted by atomic mass is 79.9. The third-order valence-electron chi connectivity index (χ3n) is 3.71. The summed E-state index contributed by atoms with van der Waals surface area (Å²) >= 11 is 3.39. The maximum absolute atomic E-state index is 12.7. The summed E-state index contributed by atoms with van der Waals surface area (Å²) in [7, 11) is 2.94. The zero-order valence-corrected chi connectivity index (χ0v) is 14.2. The first kappa shape index (κ1) is 15.6. The van der Waals surface area contributed by atoms with Crippen LogP contribution in [0.4, 0.5) is 0 Å². The zero-order chi connectivity index (χ0) is 16.6. The molecule has 2 aromatic carbocycles. The Morgan fingerprint density at radius 3 is 2.48 bits per heavy atom. The fraction of sp³-hybridized carbons (Fsp3) is 0.176. The Labute approximate surface area is 141 Å². The third-order valence-corrected chi connectivity index (χ3v) is 4.20. The zero-order valence-electron chi connectivity index (χ0n) is 12.6. The van der Waals surface area contributed by atoms with E-state index in [1.165, 1.54) is 19.1 Å². The molecule has 1 aliphatic heterocycles. The van der Waals surface area contributed by atoms with E-state index in [1.54, 1.807) is 12.1 Å². The fourth-order valence-corrected chi connectivity index (χ4v) is 3.10. The van der Waals surface area contributed by atoms with E-state index in [-0.39, 0.29) is 23.9 Å². The van der Waals surface area contributed by atoms with Crippen molar-refractivity contribution in [3.63, 3.8) is 0 Å². The van der Waals surface area contributed by atoms with Crippen LogP contribution in [0.25, 0.3) is 0 Å². The van der Waals surface area contributed by atoms with Gasteiger partial charge in [-0.05, 0) is 29.8 Å². The van der Waals surface area contributed by atoms with Gasteiger partial charge >= 0.3 is 0 Å². The molecular formula is C17H14BrNO4. The molecule has 5 nitrogen and oxygen atoms in total. The van der Waals surface area contributed by atoms with E-state index in [9.17, 15) is 9.59 Å². The lowest BCUT2D eigenvalue weighted by Gasteiger charge is -2.14. The first-order valence-electron chi connectivity index (χ1n) is 6.92. The summed E-state index contributed by atoms with van der Waals surface area (Å²) in [6.45, 7) is 0.206. The number of amides is 2. The minimum absolute atomic E-state index is 0.206. The van der Waals surface area contributed by atoms with Crippen LogP contribution in [0, 0.1) is 0 Å². The molecule has 0 spiro atoms. The lowest BCUT2D eigenvalue weighted by atomic mass is 10.1. The Kier molecular flexibility index (Phi) is 4.09. The molecule has 3 rings (SSSR count). The Bertz CT molecular complexity index is 803. The largest absolute Gasteiger partial charge is 0.493 e. The predicted octanol–water partition coefficient (Wildman–Crippen LogP) is 3.26. The van der Waals surface area contributed by atoms with E-state index in [0.717, 1.165) is 10.0 Å². The van der Waals surface area contributed by atoms with Crippen molar-refractivity contribution in [1.29, 1.82) is 0 Å². The lowest BCUT2D eigenvalue weighted by molar-refractivity contribution is 0.0641. The maximum Gasteiger partial charge on any atom is 0.265 e. The van der Waals surface area contributed by atoms with Gasteiger partial charge in [0.05, 0.1) is 31.9 Å². The molecule has 1 heterocycles. The molecule has 0 saturated heterocycles. The van der Waals surface area contributed by atoms with Crippen LogP contribution in [0.2, 0.25) is 0 Å². The molecule has 0 aliphatic carbocycles. The number of carbonyl (C=O) groups excluding carboxylic acids is 2. The van der Waals surface area contributed by atoms with Crippen LogP contribution in [-0.2, 0) is 6.54 Å². The van der Waals surface area contributed by atoms with E-state index in [0.29, 0.717) is 17.1 Å². The molecule has 2 amide bonds. The van der Waals surface area contributed by atoms with E-state index >= 15 is 0 Å². The van der Waals surface area contributed by atoms with Gasteiger partial charge in [-0.1, -0.05) is 28.1 Å².